The molecule has 0 unspecified atom stereocenters. The van der Waals surface area contributed by atoms with Crippen molar-refractivity contribution in [3.63, 3.8) is 0 Å². The van der Waals surface area contributed by atoms with Gasteiger partial charge in [0.1, 0.15) is 6.04 Å². The Kier molecular flexibility index (Phi) is 3.72. The molecule has 1 spiro atoms. The Morgan fingerprint density at radius 1 is 1.18 bits per heavy atom. The molecule has 2 aliphatic rings. The van der Waals surface area contributed by atoms with Crippen LogP contribution in [0.15, 0.2) is 30.3 Å². The molecule has 1 aromatic carbocycles. The number of amides is 3. The van der Waals surface area contributed by atoms with E-state index in [2.05, 4.69) is 5.32 Å². The normalized spacial score (nSPS) is 21.4. The van der Waals surface area contributed by atoms with Crippen LogP contribution in [-0.2, 0) is 14.4 Å². The standard InChI is InChI=1S/C17H20N2O3/c1-12(15(21)18-13-7-3-2-4-8-13)19-14(20)11-17(16(19)22)9-5-6-10-17/h2-4,7-8,12H,5-6,9-11H2,1H3,(H,18,21)/t12-/m0/s1. The highest BCUT2D eigenvalue weighted by Crippen LogP contribution is 2.47. The lowest BCUT2D eigenvalue weighted by Crippen LogP contribution is -2.46. The van der Waals surface area contributed by atoms with Gasteiger partial charge in [0.2, 0.25) is 17.7 Å². The van der Waals surface area contributed by atoms with Crippen LogP contribution < -0.4 is 5.32 Å². The maximum atomic E-state index is 12.7. The second-order valence-corrected chi connectivity index (χ2v) is 6.26. The smallest absolute Gasteiger partial charge is 0.247 e. The van der Waals surface area contributed by atoms with Crippen molar-refractivity contribution in [1.29, 1.82) is 0 Å². The van der Waals surface area contributed by atoms with Crippen LogP contribution in [0.4, 0.5) is 5.69 Å². The molecule has 116 valence electrons. The van der Waals surface area contributed by atoms with Gasteiger partial charge < -0.3 is 5.32 Å². The van der Waals surface area contributed by atoms with Gasteiger partial charge in [-0.2, -0.15) is 0 Å². The van der Waals surface area contributed by atoms with Gasteiger partial charge in [-0.1, -0.05) is 31.0 Å². The van der Waals surface area contributed by atoms with E-state index in [4.69, 9.17) is 0 Å². The lowest BCUT2D eigenvalue weighted by Gasteiger charge is -2.25. The summed E-state index contributed by atoms with van der Waals surface area (Å²) in [5.74, 6) is -0.712. The van der Waals surface area contributed by atoms with E-state index in [0.717, 1.165) is 25.7 Å². The van der Waals surface area contributed by atoms with E-state index in [-0.39, 0.29) is 24.1 Å². The number of nitrogens with zero attached hydrogens (tertiary/aromatic N) is 1. The molecule has 3 rings (SSSR count). The zero-order chi connectivity index (χ0) is 15.7. The Morgan fingerprint density at radius 2 is 1.82 bits per heavy atom. The van der Waals surface area contributed by atoms with Crippen LogP contribution in [-0.4, -0.2) is 28.7 Å². The predicted octanol–water partition coefficient (Wildman–Crippen LogP) is 2.33. The van der Waals surface area contributed by atoms with Gasteiger partial charge in [0, 0.05) is 12.1 Å². The number of likely N-dealkylation sites (tertiary alicyclic amines) is 1. The van der Waals surface area contributed by atoms with E-state index in [0.29, 0.717) is 5.69 Å². The van der Waals surface area contributed by atoms with Crippen LogP contribution in [0.2, 0.25) is 0 Å². The van der Waals surface area contributed by atoms with E-state index in [1.54, 1.807) is 19.1 Å². The number of imide groups is 1. The number of benzene rings is 1. The minimum atomic E-state index is -0.778. The first-order chi connectivity index (χ1) is 10.5. The summed E-state index contributed by atoms with van der Waals surface area (Å²) >= 11 is 0. The Hall–Kier alpha value is -2.17. The third-order valence-electron chi connectivity index (χ3n) is 4.80. The van der Waals surface area contributed by atoms with Gasteiger partial charge >= 0.3 is 0 Å². The zero-order valence-corrected chi connectivity index (χ0v) is 12.7. The third kappa shape index (κ3) is 2.40. The highest BCUT2D eigenvalue weighted by molar-refractivity contribution is 6.10. The highest BCUT2D eigenvalue weighted by atomic mass is 16.2. The van der Waals surface area contributed by atoms with Crippen molar-refractivity contribution in [2.75, 3.05) is 5.32 Å². The van der Waals surface area contributed by atoms with Crippen LogP contribution >= 0.6 is 0 Å². The molecule has 22 heavy (non-hydrogen) atoms. The van der Waals surface area contributed by atoms with Crippen LogP contribution in [0.3, 0.4) is 0 Å². The monoisotopic (exact) mass is 300 g/mol. The Morgan fingerprint density at radius 3 is 2.45 bits per heavy atom. The van der Waals surface area contributed by atoms with E-state index in [1.807, 2.05) is 18.2 Å². The molecule has 1 aliphatic carbocycles. The first-order valence-electron chi connectivity index (χ1n) is 7.76. The molecule has 3 amide bonds. The fourth-order valence-corrected chi connectivity index (χ4v) is 3.54. The summed E-state index contributed by atoms with van der Waals surface area (Å²) in [6.45, 7) is 1.61. The molecule has 1 saturated carbocycles. The molecular weight excluding hydrogens is 280 g/mol. The molecule has 1 aliphatic heterocycles. The van der Waals surface area contributed by atoms with Crippen molar-refractivity contribution >= 4 is 23.4 Å². The van der Waals surface area contributed by atoms with Crippen LogP contribution in [0.25, 0.3) is 0 Å². The van der Waals surface area contributed by atoms with Crippen molar-refractivity contribution < 1.29 is 14.4 Å². The maximum absolute atomic E-state index is 12.7. The minimum Gasteiger partial charge on any atom is -0.324 e. The molecule has 0 aromatic heterocycles. The summed E-state index contributed by atoms with van der Waals surface area (Å²) in [6, 6.07) is 8.27. The summed E-state index contributed by atoms with van der Waals surface area (Å²) in [5, 5.41) is 2.75. The lowest BCUT2D eigenvalue weighted by atomic mass is 9.84. The van der Waals surface area contributed by atoms with Crippen LogP contribution in [0.1, 0.15) is 39.0 Å². The van der Waals surface area contributed by atoms with E-state index in [9.17, 15) is 14.4 Å². The second-order valence-electron chi connectivity index (χ2n) is 6.26. The molecule has 5 nitrogen and oxygen atoms in total. The van der Waals surface area contributed by atoms with Crippen molar-refractivity contribution in [2.24, 2.45) is 5.41 Å². The Bertz CT molecular complexity index is 606. The largest absolute Gasteiger partial charge is 0.324 e. The maximum Gasteiger partial charge on any atom is 0.247 e. The molecule has 1 atom stereocenters. The van der Waals surface area contributed by atoms with E-state index >= 15 is 0 Å². The molecule has 1 saturated heterocycles. The van der Waals surface area contributed by atoms with Gasteiger partial charge in [0.25, 0.3) is 0 Å². The van der Waals surface area contributed by atoms with E-state index in [1.165, 1.54) is 4.90 Å². The number of para-hydroxylation sites is 1. The van der Waals surface area contributed by atoms with Crippen molar-refractivity contribution in [3.8, 4) is 0 Å². The summed E-state index contributed by atoms with van der Waals surface area (Å²) in [6.07, 6.45) is 3.76. The van der Waals surface area contributed by atoms with Gasteiger partial charge in [-0.3, -0.25) is 19.3 Å². The average molecular weight is 300 g/mol. The molecule has 0 radical (unpaired) electrons. The van der Waals surface area contributed by atoms with E-state index < -0.39 is 11.5 Å². The SMILES string of the molecule is C[C@@H](C(=O)Nc1ccccc1)N1C(=O)CC2(CCCC2)C1=O. The average Bonchev–Trinajstić information content (AvgIpc) is 3.06. The first kappa shape index (κ1) is 14.8. The zero-order valence-electron chi connectivity index (χ0n) is 12.7. The van der Waals surface area contributed by atoms with Gasteiger partial charge in [-0.15, -0.1) is 0 Å². The Labute approximate surface area is 129 Å². The molecule has 1 aromatic rings. The van der Waals surface area contributed by atoms with Crippen molar-refractivity contribution in [3.05, 3.63) is 30.3 Å². The second kappa shape index (κ2) is 5.55. The van der Waals surface area contributed by atoms with Crippen LogP contribution in [0.5, 0.6) is 0 Å². The molecule has 2 fully saturated rings. The number of hydrogen-bond acceptors (Lipinski definition) is 3. The molecule has 1 N–H and O–H groups in total. The summed E-state index contributed by atoms with van der Waals surface area (Å²) < 4.78 is 0. The highest BCUT2D eigenvalue weighted by Gasteiger charge is 2.54. The Balaban J connectivity index is 1.74. The number of hydrogen-bond donors (Lipinski definition) is 1. The topological polar surface area (TPSA) is 66.5 Å². The number of anilines is 1. The third-order valence-corrected chi connectivity index (χ3v) is 4.80. The molecule has 1 heterocycles. The summed E-state index contributed by atoms with van der Waals surface area (Å²) in [7, 11) is 0. The number of rotatable bonds is 3. The van der Waals surface area contributed by atoms with Gasteiger partial charge in [-0.25, -0.2) is 0 Å². The fraction of sp³-hybridized carbons (Fsp3) is 0.471. The minimum absolute atomic E-state index is 0.161. The van der Waals surface area contributed by atoms with Crippen LogP contribution in [0, 0.1) is 5.41 Å². The molecular formula is C17H20N2O3. The molecule has 5 heteroatoms. The number of carbonyl (C=O) groups excluding carboxylic acids is 3. The van der Waals surface area contributed by atoms with Gasteiger partial charge in [0.05, 0.1) is 5.41 Å². The van der Waals surface area contributed by atoms with Gasteiger partial charge in [-0.05, 0) is 31.9 Å². The number of nitrogens with one attached hydrogen (secondary N) is 1. The number of carbonyl (C=O) groups is 3. The van der Waals surface area contributed by atoms with Crippen molar-refractivity contribution in [1.82, 2.24) is 4.90 Å². The predicted molar refractivity (Wildman–Crippen MR) is 81.9 cm³/mol. The lowest BCUT2D eigenvalue weighted by molar-refractivity contribution is -0.147. The quantitative estimate of drug-likeness (QED) is 0.871. The van der Waals surface area contributed by atoms with Gasteiger partial charge in [0.15, 0.2) is 0 Å². The summed E-state index contributed by atoms with van der Waals surface area (Å²) in [5.41, 5.74) is 0.132. The fourth-order valence-electron chi connectivity index (χ4n) is 3.54. The summed E-state index contributed by atoms with van der Waals surface area (Å²) in [4.78, 5) is 38.4. The first-order valence-corrected chi connectivity index (χ1v) is 7.76. The van der Waals surface area contributed by atoms with Crippen molar-refractivity contribution in [2.45, 2.75) is 45.1 Å². The molecule has 0 bridgehead atoms.